The summed E-state index contributed by atoms with van der Waals surface area (Å²) < 4.78 is 11.5. The number of nitrogens with zero attached hydrogens (tertiary/aromatic N) is 3. The molecule has 1 aliphatic rings. The van der Waals surface area contributed by atoms with Crippen LogP contribution in [0.1, 0.15) is 18.3 Å². The lowest BCUT2D eigenvalue weighted by molar-refractivity contribution is -0.141. The molecule has 0 bridgehead atoms. The van der Waals surface area contributed by atoms with E-state index in [4.69, 9.17) is 9.47 Å². The van der Waals surface area contributed by atoms with Crippen LogP contribution in [0.5, 0.6) is 5.75 Å². The number of para-hydroxylation sites is 1. The van der Waals surface area contributed by atoms with Crippen LogP contribution in [0.25, 0.3) is 11.1 Å². The minimum absolute atomic E-state index is 0.0156. The first-order valence-electron chi connectivity index (χ1n) is 9.32. The number of ether oxygens (including phenoxy) is 2. The van der Waals surface area contributed by atoms with Gasteiger partial charge in [0, 0.05) is 12.1 Å². The SMILES string of the molecule is O=C(CCOc1ccccc1-c1ccccc1)N1CCOCC1c1ncn[nH]1. The minimum atomic E-state index is -0.236. The Morgan fingerprint density at radius 1 is 1.18 bits per heavy atom. The van der Waals surface area contributed by atoms with E-state index < -0.39 is 0 Å². The second-order valence-electron chi connectivity index (χ2n) is 6.51. The van der Waals surface area contributed by atoms with Gasteiger partial charge in [0.05, 0.1) is 26.2 Å². The van der Waals surface area contributed by atoms with Crippen LogP contribution in [0.3, 0.4) is 0 Å². The summed E-state index contributed by atoms with van der Waals surface area (Å²) in [6, 6.07) is 17.7. The van der Waals surface area contributed by atoms with Crippen LogP contribution in [0.4, 0.5) is 0 Å². The lowest BCUT2D eigenvalue weighted by atomic mass is 10.1. The van der Waals surface area contributed by atoms with Crippen molar-refractivity contribution in [2.75, 3.05) is 26.4 Å². The van der Waals surface area contributed by atoms with E-state index >= 15 is 0 Å². The van der Waals surface area contributed by atoms with E-state index in [1.165, 1.54) is 6.33 Å². The first-order valence-corrected chi connectivity index (χ1v) is 9.32. The fourth-order valence-corrected chi connectivity index (χ4v) is 3.34. The van der Waals surface area contributed by atoms with Gasteiger partial charge in [-0.2, -0.15) is 5.10 Å². The van der Waals surface area contributed by atoms with Gasteiger partial charge in [-0.25, -0.2) is 4.98 Å². The molecule has 0 aliphatic carbocycles. The molecule has 0 saturated carbocycles. The van der Waals surface area contributed by atoms with Gasteiger partial charge < -0.3 is 14.4 Å². The number of carbonyl (C=O) groups is 1. The lowest BCUT2D eigenvalue weighted by Gasteiger charge is -2.34. The van der Waals surface area contributed by atoms with Gasteiger partial charge in [0.2, 0.25) is 5.91 Å². The van der Waals surface area contributed by atoms with Crippen molar-refractivity contribution in [2.45, 2.75) is 12.5 Å². The summed E-state index contributed by atoms with van der Waals surface area (Å²) in [4.78, 5) is 18.7. The Bertz CT molecular complexity index is 899. The molecule has 1 aliphatic heterocycles. The number of benzene rings is 2. The van der Waals surface area contributed by atoms with Gasteiger partial charge in [0.1, 0.15) is 23.9 Å². The predicted molar refractivity (Wildman–Crippen MR) is 104 cm³/mol. The number of rotatable bonds is 6. The number of hydrogen-bond acceptors (Lipinski definition) is 5. The zero-order chi connectivity index (χ0) is 19.2. The summed E-state index contributed by atoms with van der Waals surface area (Å²) in [5, 5.41) is 6.71. The minimum Gasteiger partial charge on any atom is -0.492 e. The normalized spacial score (nSPS) is 16.7. The van der Waals surface area contributed by atoms with E-state index in [1.54, 1.807) is 4.90 Å². The molecule has 3 aromatic rings. The van der Waals surface area contributed by atoms with Crippen molar-refractivity contribution in [2.24, 2.45) is 0 Å². The summed E-state index contributed by atoms with van der Waals surface area (Å²) >= 11 is 0. The molecular weight excluding hydrogens is 356 g/mol. The number of nitrogens with one attached hydrogen (secondary N) is 1. The maximum atomic E-state index is 12.8. The molecule has 2 heterocycles. The Kier molecular flexibility index (Phi) is 5.63. The molecule has 4 rings (SSSR count). The molecule has 1 aromatic heterocycles. The Balaban J connectivity index is 1.39. The van der Waals surface area contributed by atoms with Crippen molar-refractivity contribution in [1.82, 2.24) is 20.1 Å². The molecule has 1 fully saturated rings. The molecule has 1 unspecified atom stereocenters. The second kappa shape index (κ2) is 8.67. The van der Waals surface area contributed by atoms with Gasteiger partial charge in [-0.15, -0.1) is 0 Å². The molecule has 1 atom stereocenters. The average Bonchev–Trinajstić information content (AvgIpc) is 3.29. The van der Waals surface area contributed by atoms with Crippen LogP contribution < -0.4 is 4.74 Å². The Labute approximate surface area is 163 Å². The van der Waals surface area contributed by atoms with Gasteiger partial charge in [-0.05, 0) is 11.6 Å². The van der Waals surface area contributed by atoms with Crippen molar-refractivity contribution >= 4 is 5.91 Å². The van der Waals surface area contributed by atoms with E-state index in [0.29, 0.717) is 32.2 Å². The van der Waals surface area contributed by atoms with Crippen LogP contribution in [0.15, 0.2) is 60.9 Å². The molecular formula is C21H22N4O3. The van der Waals surface area contributed by atoms with E-state index in [2.05, 4.69) is 15.2 Å². The van der Waals surface area contributed by atoms with Gasteiger partial charge in [0.25, 0.3) is 0 Å². The van der Waals surface area contributed by atoms with Gasteiger partial charge >= 0.3 is 0 Å². The molecule has 144 valence electrons. The van der Waals surface area contributed by atoms with E-state index in [1.807, 2.05) is 54.6 Å². The van der Waals surface area contributed by atoms with Crippen LogP contribution in [-0.4, -0.2) is 52.4 Å². The third kappa shape index (κ3) is 4.04. The topological polar surface area (TPSA) is 80.3 Å². The zero-order valence-corrected chi connectivity index (χ0v) is 15.5. The Hall–Kier alpha value is -3.19. The van der Waals surface area contributed by atoms with Crippen LogP contribution in [-0.2, 0) is 9.53 Å². The molecule has 1 N–H and O–H groups in total. The van der Waals surface area contributed by atoms with Crippen molar-refractivity contribution < 1.29 is 14.3 Å². The number of hydrogen-bond donors (Lipinski definition) is 1. The summed E-state index contributed by atoms with van der Waals surface area (Å²) in [6.07, 6.45) is 1.73. The number of aromatic amines is 1. The molecule has 7 nitrogen and oxygen atoms in total. The predicted octanol–water partition coefficient (Wildman–Crippen LogP) is 2.84. The summed E-state index contributed by atoms with van der Waals surface area (Å²) in [6.45, 7) is 1.78. The van der Waals surface area contributed by atoms with Crippen LogP contribution >= 0.6 is 0 Å². The fraction of sp³-hybridized carbons (Fsp3) is 0.286. The van der Waals surface area contributed by atoms with E-state index in [9.17, 15) is 4.79 Å². The zero-order valence-electron chi connectivity index (χ0n) is 15.5. The molecule has 7 heteroatoms. The highest BCUT2D eigenvalue weighted by Gasteiger charge is 2.30. The Morgan fingerprint density at radius 3 is 2.82 bits per heavy atom. The average molecular weight is 378 g/mol. The van der Waals surface area contributed by atoms with Crippen molar-refractivity contribution in [3.8, 4) is 16.9 Å². The lowest BCUT2D eigenvalue weighted by Crippen LogP contribution is -2.44. The first-order chi connectivity index (χ1) is 13.8. The third-order valence-electron chi connectivity index (χ3n) is 4.74. The molecule has 0 radical (unpaired) electrons. The standard InChI is InChI=1S/C21H22N4O3/c26-20(25-11-13-27-14-18(25)21-22-15-23-24-21)10-12-28-19-9-5-4-8-17(19)16-6-2-1-3-7-16/h1-9,15,18H,10-14H2,(H,22,23,24). The summed E-state index contributed by atoms with van der Waals surface area (Å²) in [7, 11) is 0. The number of amides is 1. The maximum Gasteiger partial charge on any atom is 0.226 e. The van der Waals surface area contributed by atoms with Crippen molar-refractivity contribution in [1.29, 1.82) is 0 Å². The smallest absolute Gasteiger partial charge is 0.226 e. The molecule has 2 aromatic carbocycles. The quantitative estimate of drug-likeness (QED) is 0.713. The molecule has 1 saturated heterocycles. The molecule has 28 heavy (non-hydrogen) atoms. The summed E-state index contributed by atoms with van der Waals surface area (Å²) in [5.41, 5.74) is 2.10. The van der Waals surface area contributed by atoms with Gasteiger partial charge in [-0.1, -0.05) is 48.5 Å². The summed E-state index contributed by atoms with van der Waals surface area (Å²) in [5.74, 6) is 1.43. The van der Waals surface area contributed by atoms with Gasteiger partial charge in [-0.3, -0.25) is 9.89 Å². The monoisotopic (exact) mass is 378 g/mol. The van der Waals surface area contributed by atoms with Crippen molar-refractivity contribution in [3.05, 3.63) is 66.7 Å². The first kappa shape index (κ1) is 18.2. The van der Waals surface area contributed by atoms with Crippen molar-refractivity contribution in [3.63, 3.8) is 0 Å². The maximum absolute atomic E-state index is 12.8. The van der Waals surface area contributed by atoms with E-state index in [-0.39, 0.29) is 18.4 Å². The second-order valence-corrected chi connectivity index (χ2v) is 6.51. The number of aromatic nitrogens is 3. The molecule has 1 amide bonds. The highest BCUT2D eigenvalue weighted by molar-refractivity contribution is 5.77. The van der Waals surface area contributed by atoms with Crippen LogP contribution in [0.2, 0.25) is 0 Å². The fourth-order valence-electron chi connectivity index (χ4n) is 3.34. The Morgan fingerprint density at radius 2 is 2.00 bits per heavy atom. The highest BCUT2D eigenvalue weighted by atomic mass is 16.5. The van der Waals surface area contributed by atoms with Gasteiger partial charge in [0.15, 0.2) is 0 Å². The highest BCUT2D eigenvalue weighted by Crippen LogP contribution is 2.29. The third-order valence-corrected chi connectivity index (χ3v) is 4.74. The largest absolute Gasteiger partial charge is 0.492 e. The number of morpholine rings is 1. The number of H-pyrrole nitrogens is 1. The van der Waals surface area contributed by atoms with Crippen LogP contribution in [0, 0.1) is 0 Å². The van der Waals surface area contributed by atoms with E-state index in [0.717, 1.165) is 16.9 Å². The molecule has 0 spiro atoms. The number of carbonyl (C=O) groups excluding carboxylic acids is 1.